The van der Waals surface area contributed by atoms with Crippen molar-refractivity contribution in [2.24, 2.45) is 5.92 Å². The molecule has 2 N–H and O–H groups in total. The molecule has 1 spiro atoms. The second-order valence-corrected chi connectivity index (χ2v) is 8.24. The molecule has 2 aromatic rings. The van der Waals surface area contributed by atoms with Gasteiger partial charge in [0.15, 0.2) is 6.61 Å². The van der Waals surface area contributed by atoms with Gasteiger partial charge >= 0.3 is 12.0 Å². The molecule has 9 heteroatoms. The highest BCUT2D eigenvalue weighted by Crippen LogP contribution is 2.35. The highest BCUT2D eigenvalue weighted by molar-refractivity contribution is 6.08. The number of nitrogens with zero attached hydrogens (tertiary/aromatic N) is 2. The minimum atomic E-state index is -0.955. The van der Waals surface area contributed by atoms with Gasteiger partial charge in [-0.1, -0.05) is 31.2 Å². The Morgan fingerprint density at radius 3 is 2.75 bits per heavy atom. The topological polar surface area (TPSA) is 118 Å². The molecule has 0 bridgehead atoms. The van der Waals surface area contributed by atoms with Crippen molar-refractivity contribution in [3.05, 3.63) is 48.2 Å². The number of hydrazine groups is 1. The summed E-state index contributed by atoms with van der Waals surface area (Å²) in [5, 5.41) is 4.37. The van der Waals surface area contributed by atoms with E-state index < -0.39 is 36.0 Å². The van der Waals surface area contributed by atoms with E-state index in [4.69, 9.17) is 4.74 Å². The number of rotatable bonds is 5. The van der Waals surface area contributed by atoms with Crippen LogP contribution in [0, 0.1) is 5.92 Å². The summed E-state index contributed by atoms with van der Waals surface area (Å²) in [5.41, 5.74) is 2.63. The molecule has 2 aliphatic rings. The van der Waals surface area contributed by atoms with Crippen molar-refractivity contribution in [3.8, 4) is 0 Å². The Labute approximate surface area is 184 Å². The van der Waals surface area contributed by atoms with Crippen LogP contribution in [-0.2, 0) is 19.1 Å². The number of benzene rings is 1. The van der Waals surface area contributed by atoms with E-state index in [-0.39, 0.29) is 0 Å². The van der Waals surface area contributed by atoms with Gasteiger partial charge in [0.2, 0.25) is 0 Å². The molecule has 9 nitrogen and oxygen atoms in total. The number of carbonyl (C=O) groups excluding carboxylic acids is 4. The minimum absolute atomic E-state index is 0.476. The minimum Gasteiger partial charge on any atom is -0.452 e. The first-order valence-electron chi connectivity index (χ1n) is 10.5. The zero-order valence-electron chi connectivity index (χ0n) is 17.7. The molecular weight excluding hydrogens is 412 g/mol. The SMILES string of the molecule is CC1CCC2(CC1)NC(=O)N(NC(=O)COC(=O)/C=C/c1ccc3ccccc3n1)C2=O. The van der Waals surface area contributed by atoms with E-state index in [9.17, 15) is 19.2 Å². The van der Waals surface area contributed by atoms with Crippen LogP contribution in [0.1, 0.15) is 38.3 Å². The second-order valence-electron chi connectivity index (χ2n) is 8.24. The van der Waals surface area contributed by atoms with Crippen molar-refractivity contribution < 1.29 is 23.9 Å². The summed E-state index contributed by atoms with van der Waals surface area (Å²) in [4.78, 5) is 53.4. The molecule has 1 aromatic carbocycles. The number of para-hydroxylation sites is 1. The zero-order chi connectivity index (χ0) is 22.7. The maximum absolute atomic E-state index is 12.7. The first kappa shape index (κ1) is 21.5. The van der Waals surface area contributed by atoms with Crippen LogP contribution < -0.4 is 10.7 Å². The molecule has 1 aliphatic carbocycles. The van der Waals surface area contributed by atoms with Crippen molar-refractivity contribution >= 4 is 40.8 Å². The predicted molar refractivity (Wildman–Crippen MR) is 116 cm³/mol. The number of aromatic nitrogens is 1. The monoisotopic (exact) mass is 436 g/mol. The summed E-state index contributed by atoms with van der Waals surface area (Å²) in [5.74, 6) is -1.51. The van der Waals surface area contributed by atoms with Crippen LogP contribution in [-0.4, -0.2) is 46.0 Å². The molecular formula is C23H24N4O5. The predicted octanol–water partition coefficient (Wildman–Crippen LogP) is 2.32. The van der Waals surface area contributed by atoms with E-state index in [0.29, 0.717) is 29.5 Å². The van der Waals surface area contributed by atoms with Crippen LogP contribution in [0.2, 0.25) is 0 Å². The highest BCUT2D eigenvalue weighted by Gasteiger charge is 2.52. The Morgan fingerprint density at radius 1 is 1.22 bits per heavy atom. The van der Waals surface area contributed by atoms with E-state index in [2.05, 4.69) is 22.7 Å². The van der Waals surface area contributed by atoms with Gasteiger partial charge in [-0.05, 0) is 49.8 Å². The van der Waals surface area contributed by atoms with Crippen LogP contribution in [0.15, 0.2) is 42.5 Å². The van der Waals surface area contributed by atoms with Crippen LogP contribution >= 0.6 is 0 Å². The molecule has 1 aliphatic heterocycles. The first-order valence-corrected chi connectivity index (χ1v) is 10.5. The fourth-order valence-electron chi connectivity index (χ4n) is 3.99. The number of fused-ring (bicyclic) bond motifs is 1. The maximum atomic E-state index is 12.7. The number of amides is 4. The number of pyridine rings is 1. The number of hydrogen-bond donors (Lipinski definition) is 2. The largest absolute Gasteiger partial charge is 0.452 e. The molecule has 1 saturated carbocycles. The first-order chi connectivity index (χ1) is 15.4. The highest BCUT2D eigenvalue weighted by atomic mass is 16.5. The Hall–Kier alpha value is -3.75. The van der Waals surface area contributed by atoms with Crippen LogP contribution in [0.5, 0.6) is 0 Å². The van der Waals surface area contributed by atoms with Crippen LogP contribution in [0.4, 0.5) is 4.79 Å². The third-order valence-electron chi connectivity index (χ3n) is 5.88. The van der Waals surface area contributed by atoms with Gasteiger partial charge in [-0.3, -0.25) is 15.0 Å². The van der Waals surface area contributed by atoms with Gasteiger partial charge in [-0.2, -0.15) is 5.01 Å². The lowest BCUT2D eigenvalue weighted by Crippen LogP contribution is -2.52. The van der Waals surface area contributed by atoms with E-state index in [1.54, 1.807) is 6.07 Å². The molecule has 2 fully saturated rings. The van der Waals surface area contributed by atoms with Gasteiger partial charge in [0, 0.05) is 11.5 Å². The molecule has 2 heterocycles. The Kier molecular flexibility index (Phi) is 5.89. The average molecular weight is 436 g/mol. The molecule has 1 aromatic heterocycles. The lowest BCUT2D eigenvalue weighted by molar-refractivity contribution is -0.147. The Morgan fingerprint density at radius 2 is 1.97 bits per heavy atom. The Bertz CT molecular complexity index is 1100. The number of hydrogen-bond acceptors (Lipinski definition) is 6. The van der Waals surface area contributed by atoms with Gasteiger partial charge in [-0.25, -0.2) is 14.6 Å². The number of nitrogens with one attached hydrogen (secondary N) is 2. The maximum Gasteiger partial charge on any atom is 0.344 e. The van der Waals surface area contributed by atoms with Crippen molar-refractivity contribution in [1.29, 1.82) is 0 Å². The quantitative estimate of drug-likeness (QED) is 0.422. The molecule has 4 rings (SSSR count). The number of esters is 1. The molecule has 0 radical (unpaired) electrons. The molecule has 4 amide bonds. The van der Waals surface area contributed by atoms with E-state index in [0.717, 1.165) is 29.8 Å². The number of ether oxygens (including phenoxy) is 1. The summed E-state index contributed by atoms with van der Waals surface area (Å²) in [6.07, 6.45) is 5.36. The standard InChI is InChI=1S/C23H24N4O5/c1-15-10-12-23(13-11-15)21(30)27(22(31)25-23)26-19(28)14-32-20(29)9-8-17-7-6-16-4-2-3-5-18(16)24-17/h2-9,15H,10-14H2,1H3,(H,25,31)(H,26,28)/b9-8+. The van der Waals surface area contributed by atoms with Crippen molar-refractivity contribution in [3.63, 3.8) is 0 Å². The molecule has 166 valence electrons. The third-order valence-corrected chi connectivity index (χ3v) is 5.88. The summed E-state index contributed by atoms with van der Waals surface area (Å²) in [7, 11) is 0. The van der Waals surface area contributed by atoms with Gasteiger partial charge in [0.1, 0.15) is 5.54 Å². The summed E-state index contributed by atoms with van der Waals surface area (Å²) >= 11 is 0. The van der Waals surface area contributed by atoms with Gasteiger partial charge < -0.3 is 10.1 Å². The normalized spacial score (nSPS) is 23.0. The lowest BCUT2D eigenvalue weighted by atomic mass is 9.77. The van der Waals surface area contributed by atoms with Gasteiger partial charge in [-0.15, -0.1) is 0 Å². The lowest BCUT2D eigenvalue weighted by Gasteiger charge is -2.33. The van der Waals surface area contributed by atoms with Crippen molar-refractivity contribution in [1.82, 2.24) is 20.7 Å². The third kappa shape index (κ3) is 4.46. The Balaban J connectivity index is 1.28. The summed E-state index contributed by atoms with van der Waals surface area (Å²) < 4.78 is 4.91. The fourth-order valence-corrected chi connectivity index (χ4v) is 3.99. The van der Waals surface area contributed by atoms with E-state index >= 15 is 0 Å². The molecule has 0 unspecified atom stereocenters. The van der Waals surface area contributed by atoms with Crippen LogP contribution in [0.3, 0.4) is 0 Å². The van der Waals surface area contributed by atoms with Gasteiger partial charge in [0.25, 0.3) is 11.8 Å². The smallest absolute Gasteiger partial charge is 0.344 e. The molecule has 0 atom stereocenters. The molecule has 32 heavy (non-hydrogen) atoms. The zero-order valence-corrected chi connectivity index (χ0v) is 17.7. The second kappa shape index (κ2) is 8.78. The van der Waals surface area contributed by atoms with Crippen LogP contribution in [0.25, 0.3) is 17.0 Å². The van der Waals surface area contributed by atoms with E-state index in [1.165, 1.54) is 6.08 Å². The summed E-state index contributed by atoms with van der Waals surface area (Å²) in [6, 6.07) is 10.6. The van der Waals surface area contributed by atoms with Gasteiger partial charge in [0.05, 0.1) is 11.2 Å². The van der Waals surface area contributed by atoms with Crippen molar-refractivity contribution in [2.45, 2.75) is 38.1 Å². The number of imide groups is 1. The average Bonchev–Trinajstić information content (AvgIpc) is 3.02. The van der Waals surface area contributed by atoms with E-state index in [1.807, 2.05) is 30.3 Å². The summed E-state index contributed by atoms with van der Waals surface area (Å²) in [6.45, 7) is 1.47. The number of urea groups is 1. The van der Waals surface area contributed by atoms with Crippen molar-refractivity contribution in [2.75, 3.05) is 6.61 Å². The molecule has 1 saturated heterocycles. The fraction of sp³-hybridized carbons (Fsp3) is 0.348. The number of carbonyl (C=O) groups is 4.